The van der Waals surface area contributed by atoms with Crippen molar-refractivity contribution in [2.75, 3.05) is 33.8 Å². The van der Waals surface area contributed by atoms with Crippen molar-refractivity contribution >= 4 is 6.09 Å². The fraction of sp³-hybridized carbons (Fsp3) is 0.720. The van der Waals surface area contributed by atoms with Gasteiger partial charge in [-0.1, -0.05) is 18.9 Å². The standard InChI is InChI=1S/C25H37F5N2O3/c1-5-14-31(3)15-8-6-7-9-16-34-18-12-10-17(11-13-18)32(4)24(33)35-25(2)22(29)20(27)19(26)21(28)23(25)30/h5,17-18,22H,1,6-16H2,2-4H3/t17-,18-,22?,25?. The highest BCUT2D eigenvalue weighted by Crippen LogP contribution is 2.44. The zero-order chi connectivity index (χ0) is 26.2. The number of likely N-dealkylation sites (N-methyl/N-ethyl adjacent to an activating group) is 1. The second kappa shape index (κ2) is 13.4. The third-order valence-electron chi connectivity index (χ3n) is 6.74. The van der Waals surface area contributed by atoms with Crippen LogP contribution in [0.3, 0.4) is 0 Å². The van der Waals surface area contributed by atoms with Crippen molar-refractivity contribution in [3.05, 3.63) is 36.0 Å². The van der Waals surface area contributed by atoms with Crippen molar-refractivity contribution in [1.82, 2.24) is 9.80 Å². The highest BCUT2D eigenvalue weighted by Gasteiger charge is 2.53. The van der Waals surface area contributed by atoms with Crippen LogP contribution in [0.25, 0.3) is 0 Å². The Kier molecular flexibility index (Phi) is 11.2. The summed E-state index contributed by atoms with van der Waals surface area (Å²) in [6.45, 7) is 6.99. The number of nitrogens with zero attached hydrogens (tertiary/aromatic N) is 2. The molecule has 2 atom stereocenters. The van der Waals surface area contributed by atoms with Crippen LogP contribution in [0.2, 0.25) is 0 Å². The third-order valence-corrected chi connectivity index (χ3v) is 6.74. The van der Waals surface area contributed by atoms with Crippen molar-refractivity contribution in [3.8, 4) is 0 Å². The molecular weight excluding hydrogens is 471 g/mol. The highest BCUT2D eigenvalue weighted by molar-refractivity contribution is 5.69. The van der Waals surface area contributed by atoms with Gasteiger partial charge in [0, 0.05) is 26.2 Å². The van der Waals surface area contributed by atoms with E-state index in [-0.39, 0.29) is 12.1 Å². The first-order valence-corrected chi connectivity index (χ1v) is 12.1. The molecular formula is C25H37F5N2O3. The lowest BCUT2D eigenvalue weighted by atomic mass is 9.91. The minimum atomic E-state index is -2.99. The summed E-state index contributed by atoms with van der Waals surface area (Å²) in [5.41, 5.74) is -2.92. The van der Waals surface area contributed by atoms with Crippen molar-refractivity contribution in [3.63, 3.8) is 0 Å². The number of rotatable bonds is 12. The number of unbranched alkanes of at least 4 members (excludes halogenated alkanes) is 3. The van der Waals surface area contributed by atoms with Gasteiger partial charge in [-0.3, -0.25) is 0 Å². The molecule has 0 spiro atoms. The summed E-state index contributed by atoms with van der Waals surface area (Å²) in [6.07, 6.45) is 4.71. The molecule has 0 bridgehead atoms. The summed E-state index contributed by atoms with van der Waals surface area (Å²) in [6, 6.07) is -0.283. The first-order valence-electron chi connectivity index (χ1n) is 12.1. The highest BCUT2D eigenvalue weighted by atomic mass is 19.2. The largest absolute Gasteiger partial charge is 0.432 e. The van der Waals surface area contributed by atoms with E-state index in [2.05, 4.69) is 18.5 Å². The van der Waals surface area contributed by atoms with E-state index in [1.165, 1.54) is 7.05 Å². The monoisotopic (exact) mass is 508 g/mol. The van der Waals surface area contributed by atoms with Crippen LogP contribution in [0, 0.1) is 0 Å². The maximum atomic E-state index is 14.3. The molecule has 1 saturated carbocycles. The second-order valence-electron chi connectivity index (χ2n) is 9.50. The normalized spacial score (nSPS) is 27.4. The number of hydrogen-bond acceptors (Lipinski definition) is 4. The van der Waals surface area contributed by atoms with Gasteiger partial charge < -0.3 is 19.3 Å². The summed E-state index contributed by atoms with van der Waals surface area (Å²) in [4.78, 5) is 15.9. The van der Waals surface area contributed by atoms with Gasteiger partial charge in [0.2, 0.25) is 11.8 Å². The molecule has 2 aliphatic carbocycles. The Morgan fingerprint density at radius 2 is 1.69 bits per heavy atom. The number of allylic oxidation sites excluding steroid dienone is 2. The predicted octanol–water partition coefficient (Wildman–Crippen LogP) is 6.47. The van der Waals surface area contributed by atoms with Crippen LogP contribution in [0.15, 0.2) is 36.0 Å². The smallest absolute Gasteiger partial charge is 0.410 e. The summed E-state index contributed by atoms with van der Waals surface area (Å²) in [5, 5.41) is 0. The molecule has 5 nitrogen and oxygen atoms in total. The van der Waals surface area contributed by atoms with Gasteiger partial charge in [0.1, 0.15) is 0 Å². The number of alkyl halides is 1. The molecule has 2 aliphatic rings. The van der Waals surface area contributed by atoms with Crippen LogP contribution in [0.5, 0.6) is 0 Å². The van der Waals surface area contributed by atoms with E-state index in [0.717, 1.165) is 43.7 Å². The Morgan fingerprint density at radius 3 is 2.31 bits per heavy atom. The lowest BCUT2D eigenvalue weighted by Crippen LogP contribution is -2.49. The molecule has 0 heterocycles. The number of ether oxygens (including phenoxy) is 2. The average molecular weight is 509 g/mol. The minimum Gasteiger partial charge on any atom is -0.432 e. The molecule has 2 rings (SSSR count). The maximum Gasteiger partial charge on any atom is 0.410 e. The second-order valence-corrected chi connectivity index (χ2v) is 9.50. The maximum absolute atomic E-state index is 14.3. The van der Waals surface area contributed by atoms with Gasteiger partial charge in [-0.05, 0) is 59.0 Å². The van der Waals surface area contributed by atoms with E-state index in [1.54, 1.807) is 0 Å². The summed E-state index contributed by atoms with van der Waals surface area (Å²) < 4.78 is 79.8. The Morgan fingerprint density at radius 1 is 1.06 bits per heavy atom. The lowest BCUT2D eigenvalue weighted by molar-refractivity contribution is -0.0450. The Hall–Kier alpha value is -1.94. The van der Waals surface area contributed by atoms with Gasteiger partial charge in [0.15, 0.2) is 23.3 Å². The fourth-order valence-electron chi connectivity index (χ4n) is 4.38. The molecule has 35 heavy (non-hydrogen) atoms. The molecule has 0 aromatic rings. The van der Waals surface area contributed by atoms with E-state index in [4.69, 9.17) is 9.47 Å². The van der Waals surface area contributed by atoms with Gasteiger partial charge >= 0.3 is 6.09 Å². The molecule has 200 valence electrons. The molecule has 0 aliphatic heterocycles. The van der Waals surface area contributed by atoms with Crippen LogP contribution in [0.1, 0.15) is 58.3 Å². The zero-order valence-electron chi connectivity index (χ0n) is 20.8. The number of halogens is 5. The van der Waals surface area contributed by atoms with Crippen LogP contribution >= 0.6 is 0 Å². The molecule has 0 radical (unpaired) electrons. The Bertz CT molecular complexity index is 798. The first-order chi connectivity index (χ1) is 16.5. The van der Waals surface area contributed by atoms with Crippen LogP contribution in [-0.4, -0.2) is 73.6 Å². The molecule has 0 saturated heterocycles. The SMILES string of the molecule is C=CCN(C)CCCCCCO[C@H]1CC[C@H](N(C)C(=O)OC2(C)C(F)=C(F)C(F)=C(F)C2F)CC1. The molecule has 1 amide bonds. The number of hydrogen-bond donors (Lipinski definition) is 0. The van der Waals surface area contributed by atoms with Crippen molar-refractivity contribution < 1.29 is 36.2 Å². The van der Waals surface area contributed by atoms with Crippen molar-refractivity contribution in [1.29, 1.82) is 0 Å². The van der Waals surface area contributed by atoms with Gasteiger partial charge in [0.05, 0.1) is 6.10 Å². The molecule has 0 aromatic heterocycles. The topological polar surface area (TPSA) is 42.0 Å². The van der Waals surface area contributed by atoms with Gasteiger partial charge in [0.25, 0.3) is 0 Å². The summed E-state index contributed by atoms with van der Waals surface area (Å²) >= 11 is 0. The van der Waals surface area contributed by atoms with Gasteiger partial charge in [-0.2, -0.15) is 0 Å². The Balaban J connectivity index is 1.72. The summed E-state index contributed by atoms with van der Waals surface area (Å²) in [7, 11) is 3.46. The van der Waals surface area contributed by atoms with Crippen LogP contribution < -0.4 is 0 Å². The Labute approximate surface area is 204 Å². The first kappa shape index (κ1) is 29.3. The van der Waals surface area contributed by atoms with E-state index >= 15 is 0 Å². The van der Waals surface area contributed by atoms with Crippen molar-refractivity contribution in [2.24, 2.45) is 0 Å². The quantitative estimate of drug-likeness (QED) is 0.172. The van der Waals surface area contributed by atoms with Gasteiger partial charge in [-0.25, -0.2) is 26.7 Å². The third kappa shape index (κ3) is 7.52. The minimum absolute atomic E-state index is 0.0668. The number of carbonyl (C=O) groups is 1. The molecule has 1 fully saturated rings. The van der Waals surface area contributed by atoms with E-state index in [9.17, 15) is 26.7 Å². The molecule has 10 heteroatoms. The van der Waals surface area contributed by atoms with Crippen molar-refractivity contribution in [2.45, 2.75) is 82.2 Å². The number of amides is 1. The summed E-state index contributed by atoms with van der Waals surface area (Å²) in [5.74, 6) is -8.59. The number of carbonyl (C=O) groups excluding carboxylic acids is 1. The molecule has 2 unspecified atom stereocenters. The van der Waals surface area contributed by atoms with E-state index < -0.39 is 41.2 Å². The molecule has 0 N–H and O–H groups in total. The lowest BCUT2D eigenvalue weighted by Gasteiger charge is -2.38. The van der Waals surface area contributed by atoms with E-state index in [0.29, 0.717) is 39.2 Å². The van der Waals surface area contributed by atoms with Crippen LogP contribution in [0.4, 0.5) is 26.7 Å². The molecule has 0 aromatic carbocycles. The zero-order valence-corrected chi connectivity index (χ0v) is 20.8. The fourth-order valence-corrected chi connectivity index (χ4v) is 4.38. The average Bonchev–Trinajstić information content (AvgIpc) is 2.85. The van der Waals surface area contributed by atoms with Gasteiger partial charge in [-0.15, -0.1) is 6.58 Å². The van der Waals surface area contributed by atoms with Crippen LogP contribution in [-0.2, 0) is 9.47 Å². The van der Waals surface area contributed by atoms with E-state index in [1.807, 2.05) is 6.08 Å². The predicted molar refractivity (Wildman–Crippen MR) is 124 cm³/mol.